The molecule has 5 rings (SSSR count). The molecule has 0 saturated carbocycles. The number of aryl methyl sites for hydroxylation is 1. The van der Waals surface area contributed by atoms with Crippen molar-refractivity contribution in [2.24, 2.45) is 21.1 Å². The highest BCUT2D eigenvalue weighted by Crippen LogP contribution is 2.39. The van der Waals surface area contributed by atoms with Gasteiger partial charge in [-0.25, -0.2) is 9.78 Å². The summed E-state index contributed by atoms with van der Waals surface area (Å²) in [5, 5.41) is 0. The highest BCUT2D eigenvalue weighted by atomic mass is 16.5. The summed E-state index contributed by atoms with van der Waals surface area (Å²) in [4.78, 5) is 44.2. The van der Waals surface area contributed by atoms with Gasteiger partial charge >= 0.3 is 5.69 Å². The van der Waals surface area contributed by atoms with E-state index in [-0.39, 0.29) is 11.5 Å². The molecular weight excluding hydrogens is 398 g/mol. The summed E-state index contributed by atoms with van der Waals surface area (Å²) in [6.45, 7) is 1.15. The fraction of sp³-hybridized carbons (Fsp3) is 0.455. The van der Waals surface area contributed by atoms with E-state index < -0.39 is 11.3 Å². The number of aromatic nitrogens is 4. The van der Waals surface area contributed by atoms with Crippen LogP contribution in [0.3, 0.4) is 0 Å². The summed E-state index contributed by atoms with van der Waals surface area (Å²) >= 11 is 0. The molecule has 3 aromatic rings. The van der Waals surface area contributed by atoms with E-state index in [1.165, 1.54) is 11.6 Å². The molecule has 0 N–H and O–H groups in total. The van der Waals surface area contributed by atoms with Crippen LogP contribution in [-0.2, 0) is 27.6 Å². The first kappa shape index (κ1) is 19.6. The Balaban J connectivity index is 1.38. The number of hydrogen-bond donors (Lipinski definition) is 0. The molecule has 1 saturated heterocycles. The minimum atomic E-state index is -0.556. The van der Waals surface area contributed by atoms with Gasteiger partial charge in [-0.1, -0.05) is 0 Å². The van der Waals surface area contributed by atoms with Crippen LogP contribution < -0.4 is 16.0 Å². The van der Waals surface area contributed by atoms with Crippen LogP contribution in [0, 0.1) is 0 Å². The standard InChI is InChI=1S/C22H25N5O4/c1-24-13-23-16-11-14(5-6-17(16)24)18(28)27-9-4-7-22(8-10-27)12-15-19(29)25(2)21(30)26(3)20(15)31-22/h5-6,11,13H,4,7-10,12H2,1-3H3/t22-/m1/s1. The zero-order chi connectivity index (χ0) is 21.9. The van der Waals surface area contributed by atoms with Crippen LogP contribution in [0.5, 0.6) is 5.88 Å². The van der Waals surface area contributed by atoms with E-state index in [0.717, 1.165) is 28.4 Å². The van der Waals surface area contributed by atoms with Crippen LogP contribution in [0.1, 0.15) is 35.2 Å². The number of imidazole rings is 1. The predicted octanol–water partition coefficient (Wildman–Crippen LogP) is 0.971. The molecule has 1 amide bonds. The Morgan fingerprint density at radius 3 is 2.71 bits per heavy atom. The summed E-state index contributed by atoms with van der Waals surface area (Å²) in [7, 11) is 5.04. The normalized spacial score (nSPS) is 20.7. The van der Waals surface area contributed by atoms with Crippen LogP contribution in [0.15, 0.2) is 34.1 Å². The highest BCUT2D eigenvalue weighted by Gasteiger charge is 2.44. The maximum atomic E-state index is 13.2. The van der Waals surface area contributed by atoms with E-state index in [0.29, 0.717) is 42.9 Å². The third-order valence-corrected chi connectivity index (χ3v) is 6.67. The Bertz CT molecular complexity index is 1330. The zero-order valence-corrected chi connectivity index (χ0v) is 17.9. The summed E-state index contributed by atoms with van der Waals surface area (Å²) in [5.41, 5.74) is 1.70. The van der Waals surface area contributed by atoms with E-state index in [2.05, 4.69) is 4.98 Å². The van der Waals surface area contributed by atoms with Gasteiger partial charge in [-0.15, -0.1) is 0 Å². The lowest BCUT2D eigenvalue weighted by Crippen LogP contribution is -2.38. The Morgan fingerprint density at radius 2 is 1.90 bits per heavy atom. The molecule has 0 unspecified atom stereocenters. The Morgan fingerprint density at radius 1 is 1.10 bits per heavy atom. The number of amides is 1. The van der Waals surface area contributed by atoms with E-state index >= 15 is 0 Å². The summed E-state index contributed by atoms with van der Waals surface area (Å²) in [5.74, 6) is 0.344. The van der Waals surface area contributed by atoms with E-state index in [4.69, 9.17) is 4.74 Å². The number of rotatable bonds is 1. The number of benzene rings is 1. The maximum Gasteiger partial charge on any atom is 0.333 e. The molecule has 1 aromatic carbocycles. The van der Waals surface area contributed by atoms with Gasteiger partial charge in [0.1, 0.15) is 5.60 Å². The van der Waals surface area contributed by atoms with E-state index in [9.17, 15) is 14.4 Å². The number of likely N-dealkylation sites (tertiary alicyclic amines) is 1. The lowest BCUT2D eigenvalue weighted by molar-refractivity contribution is 0.0636. The number of hydrogen-bond acceptors (Lipinski definition) is 5. The maximum absolute atomic E-state index is 13.2. The van der Waals surface area contributed by atoms with E-state index in [1.807, 2.05) is 34.7 Å². The Kier molecular flexibility index (Phi) is 4.32. The summed E-state index contributed by atoms with van der Waals surface area (Å²) in [6, 6.07) is 5.59. The molecule has 31 heavy (non-hydrogen) atoms. The van der Waals surface area contributed by atoms with Gasteiger partial charge in [0.15, 0.2) is 0 Å². The van der Waals surface area contributed by atoms with Crippen LogP contribution in [0.2, 0.25) is 0 Å². The summed E-state index contributed by atoms with van der Waals surface area (Å²) in [6.07, 6.45) is 4.30. The molecule has 0 bridgehead atoms. The highest BCUT2D eigenvalue weighted by molar-refractivity contribution is 5.97. The number of nitrogens with zero attached hydrogens (tertiary/aromatic N) is 5. The topological polar surface area (TPSA) is 91.4 Å². The molecule has 9 heteroatoms. The quantitative estimate of drug-likeness (QED) is 0.582. The van der Waals surface area contributed by atoms with Crippen molar-refractivity contribution in [3.63, 3.8) is 0 Å². The lowest BCUT2D eigenvalue weighted by Gasteiger charge is -2.27. The van der Waals surface area contributed by atoms with Crippen molar-refractivity contribution in [2.75, 3.05) is 13.1 Å². The van der Waals surface area contributed by atoms with Crippen LogP contribution >= 0.6 is 0 Å². The molecule has 9 nitrogen and oxygen atoms in total. The van der Waals surface area contributed by atoms with Gasteiger partial charge in [-0.2, -0.15) is 0 Å². The van der Waals surface area contributed by atoms with Crippen molar-refractivity contribution in [3.8, 4) is 5.88 Å². The number of ether oxygens (including phenoxy) is 1. The Hall–Kier alpha value is -3.36. The summed E-state index contributed by atoms with van der Waals surface area (Å²) < 4.78 is 10.7. The average Bonchev–Trinajstić information content (AvgIpc) is 3.26. The predicted molar refractivity (Wildman–Crippen MR) is 114 cm³/mol. The van der Waals surface area contributed by atoms with Gasteiger partial charge in [0.05, 0.1) is 22.9 Å². The third kappa shape index (κ3) is 2.98. The van der Waals surface area contributed by atoms with E-state index in [1.54, 1.807) is 13.4 Å². The first-order chi connectivity index (χ1) is 14.8. The molecule has 162 valence electrons. The van der Waals surface area contributed by atoms with Crippen molar-refractivity contribution in [1.82, 2.24) is 23.6 Å². The fourth-order valence-electron chi connectivity index (χ4n) is 4.84. The minimum absolute atomic E-state index is 0.0246. The van der Waals surface area contributed by atoms with Crippen LogP contribution in [0.4, 0.5) is 0 Å². The third-order valence-electron chi connectivity index (χ3n) is 6.67. The molecule has 0 radical (unpaired) electrons. The molecule has 1 atom stereocenters. The smallest absolute Gasteiger partial charge is 0.333 e. The largest absolute Gasteiger partial charge is 0.471 e. The average molecular weight is 423 g/mol. The van der Waals surface area contributed by atoms with Gasteiger partial charge in [-0.3, -0.25) is 18.7 Å². The SMILES string of the molecule is Cn1c2c(c(=O)n(C)c1=O)C[C@]1(CCCN(C(=O)c3ccc4c(c3)ncn4C)CC1)O2. The van der Waals surface area contributed by atoms with Crippen molar-refractivity contribution < 1.29 is 9.53 Å². The first-order valence-electron chi connectivity index (χ1n) is 10.5. The molecule has 1 spiro atoms. The number of carbonyl (C=O) groups excluding carboxylic acids is 1. The van der Waals surface area contributed by atoms with Gasteiger partial charge < -0.3 is 14.2 Å². The molecule has 2 aromatic heterocycles. The van der Waals surface area contributed by atoms with Crippen molar-refractivity contribution >= 4 is 16.9 Å². The second-order valence-corrected chi connectivity index (χ2v) is 8.66. The number of carbonyl (C=O) groups is 1. The van der Waals surface area contributed by atoms with Crippen molar-refractivity contribution in [3.05, 3.63) is 56.5 Å². The monoisotopic (exact) mass is 423 g/mol. The van der Waals surface area contributed by atoms with Crippen LogP contribution in [-0.4, -0.2) is 48.2 Å². The second kappa shape index (κ2) is 6.83. The molecular formula is C22H25N5O4. The Labute approximate surface area is 178 Å². The van der Waals surface area contributed by atoms with Gasteiger partial charge in [-0.05, 0) is 31.0 Å². The van der Waals surface area contributed by atoms with Gasteiger partial charge in [0.2, 0.25) is 5.88 Å². The van der Waals surface area contributed by atoms with Crippen molar-refractivity contribution in [1.29, 1.82) is 0 Å². The molecule has 4 heterocycles. The fourth-order valence-corrected chi connectivity index (χ4v) is 4.84. The molecule has 1 fully saturated rings. The first-order valence-corrected chi connectivity index (χ1v) is 10.5. The lowest BCUT2D eigenvalue weighted by atomic mass is 9.90. The number of fused-ring (bicyclic) bond motifs is 2. The molecule has 0 aliphatic carbocycles. The molecule has 2 aliphatic heterocycles. The van der Waals surface area contributed by atoms with Crippen molar-refractivity contribution in [2.45, 2.75) is 31.3 Å². The zero-order valence-electron chi connectivity index (χ0n) is 17.9. The minimum Gasteiger partial charge on any atom is -0.471 e. The second-order valence-electron chi connectivity index (χ2n) is 8.66. The van der Waals surface area contributed by atoms with Crippen LogP contribution in [0.25, 0.3) is 11.0 Å². The van der Waals surface area contributed by atoms with Gasteiger partial charge in [0, 0.05) is 52.6 Å². The van der Waals surface area contributed by atoms with Gasteiger partial charge in [0.25, 0.3) is 11.5 Å². The molecule has 2 aliphatic rings.